The number of H-pyrrole nitrogens is 1. The van der Waals surface area contributed by atoms with Gasteiger partial charge in [-0.05, 0) is 30.0 Å². The topological polar surface area (TPSA) is 73.4 Å². The number of nitrogens with zero attached hydrogens (tertiary/aromatic N) is 1. The number of aliphatic hydroxyl groups is 1. The highest BCUT2D eigenvalue weighted by molar-refractivity contribution is 6.09. The highest BCUT2D eigenvalue weighted by Gasteiger charge is 2.50. The van der Waals surface area contributed by atoms with E-state index >= 15 is 0 Å². The van der Waals surface area contributed by atoms with Crippen molar-refractivity contribution in [3.05, 3.63) is 65.9 Å². The van der Waals surface area contributed by atoms with E-state index in [-0.39, 0.29) is 18.1 Å². The number of hydrogen-bond acceptors (Lipinski definition) is 3. The molecule has 150 valence electrons. The van der Waals surface area contributed by atoms with Crippen molar-refractivity contribution in [3.63, 3.8) is 0 Å². The lowest BCUT2D eigenvalue weighted by Gasteiger charge is -2.23. The maximum Gasteiger partial charge on any atom is 0.264 e. The van der Waals surface area contributed by atoms with Crippen LogP contribution in [-0.2, 0) is 21.6 Å². The monoisotopic (exact) mass is 390 g/mol. The first kappa shape index (κ1) is 19.4. The number of hydrogen-bond donors (Lipinski definition) is 2. The Morgan fingerprint density at radius 3 is 2.66 bits per heavy atom. The second kappa shape index (κ2) is 7.48. The van der Waals surface area contributed by atoms with Gasteiger partial charge in [-0.3, -0.25) is 9.59 Å². The molecule has 1 unspecified atom stereocenters. The van der Waals surface area contributed by atoms with E-state index in [1.807, 2.05) is 50.4 Å². The Morgan fingerprint density at radius 1 is 1.14 bits per heavy atom. The van der Waals surface area contributed by atoms with E-state index in [0.717, 1.165) is 16.5 Å². The number of ketones is 1. The lowest BCUT2D eigenvalue weighted by atomic mass is 9.88. The predicted molar refractivity (Wildman–Crippen MR) is 114 cm³/mol. The average molecular weight is 390 g/mol. The van der Waals surface area contributed by atoms with E-state index in [1.54, 1.807) is 17.0 Å². The Balaban J connectivity index is 1.59. The molecule has 4 rings (SSSR count). The molecule has 1 aromatic heterocycles. The van der Waals surface area contributed by atoms with Crippen LogP contribution in [0.1, 0.15) is 37.8 Å². The molecule has 1 aliphatic heterocycles. The largest absolute Gasteiger partial charge is 0.375 e. The summed E-state index contributed by atoms with van der Waals surface area (Å²) in [6.45, 7) is 4.36. The molecule has 0 aliphatic carbocycles. The molecule has 3 aromatic rings. The van der Waals surface area contributed by atoms with Crippen molar-refractivity contribution in [2.75, 3.05) is 11.4 Å². The van der Waals surface area contributed by atoms with Crippen LogP contribution >= 0.6 is 0 Å². The van der Waals surface area contributed by atoms with Crippen molar-refractivity contribution in [1.29, 1.82) is 0 Å². The third-order valence-electron chi connectivity index (χ3n) is 5.61. The number of Topliss-reactive ketones (excluding diaryl/α,β-unsaturated/α-hetero) is 1. The van der Waals surface area contributed by atoms with Crippen molar-refractivity contribution >= 4 is 28.3 Å². The molecule has 0 fully saturated rings. The summed E-state index contributed by atoms with van der Waals surface area (Å²) < 4.78 is 0. The summed E-state index contributed by atoms with van der Waals surface area (Å²) >= 11 is 0. The fourth-order valence-electron chi connectivity index (χ4n) is 4.28. The Hall–Kier alpha value is -2.92. The molecule has 2 aromatic carbocycles. The number of anilines is 1. The van der Waals surface area contributed by atoms with Gasteiger partial charge in [-0.25, -0.2) is 0 Å². The fourth-order valence-corrected chi connectivity index (χ4v) is 4.28. The third-order valence-corrected chi connectivity index (χ3v) is 5.61. The molecule has 29 heavy (non-hydrogen) atoms. The van der Waals surface area contributed by atoms with Gasteiger partial charge in [0.1, 0.15) is 5.78 Å². The van der Waals surface area contributed by atoms with Gasteiger partial charge in [0, 0.05) is 42.0 Å². The molecule has 0 saturated carbocycles. The van der Waals surface area contributed by atoms with Crippen molar-refractivity contribution in [3.8, 4) is 0 Å². The number of aromatic nitrogens is 1. The number of rotatable bonds is 7. The summed E-state index contributed by atoms with van der Waals surface area (Å²) in [5.74, 6) is -0.310. The minimum atomic E-state index is -1.78. The van der Waals surface area contributed by atoms with Gasteiger partial charge < -0.3 is 15.0 Å². The minimum absolute atomic E-state index is 0.0934. The Labute approximate surface area is 170 Å². The Bertz CT molecular complexity index is 1070. The molecule has 2 heterocycles. The number of benzene rings is 2. The third kappa shape index (κ3) is 3.47. The molecule has 0 bridgehead atoms. The zero-order chi connectivity index (χ0) is 20.6. The van der Waals surface area contributed by atoms with Crippen molar-refractivity contribution < 1.29 is 14.7 Å². The number of aromatic amines is 1. The van der Waals surface area contributed by atoms with Crippen LogP contribution in [0.5, 0.6) is 0 Å². The first-order valence-corrected chi connectivity index (χ1v) is 10.1. The molecule has 5 heteroatoms. The van der Waals surface area contributed by atoms with Crippen LogP contribution in [0.3, 0.4) is 0 Å². The summed E-state index contributed by atoms with van der Waals surface area (Å²) in [4.78, 5) is 30.6. The molecule has 0 spiro atoms. The summed E-state index contributed by atoms with van der Waals surface area (Å²) in [6.07, 6.45) is 2.80. The first-order valence-electron chi connectivity index (χ1n) is 10.1. The van der Waals surface area contributed by atoms with Gasteiger partial charge >= 0.3 is 0 Å². The summed E-state index contributed by atoms with van der Waals surface area (Å²) in [5.41, 5.74) is 1.63. The van der Waals surface area contributed by atoms with E-state index in [4.69, 9.17) is 0 Å². The molecule has 1 amide bonds. The van der Waals surface area contributed by atoms with Crippen LogP contribution in [-0.4, -0.2) is 28.3 Å². The maximum absolute atomic E-state index is 13.2. The second-order valence-electron chi connectivity index (χ2n) is 8.26. The molecule has 0 saturated heterocycles. The molecule has 2 N–H and O–H groups in total. The number of carbonyl (C=O) groups excluding carboxylic acids is 2. The second-order valence-corrected chi connectivity index (χ2v) is 8.26. The fraction of sp³-hybridized carbons (Fsp3) is 0.333. The zero-order valence-electron chi connectivity index (χ0n) is 16.8. The maximum atomic E-state index is 13.2. The minimum Gasteiger partial charge on any atom is -0.375 e. The lowest BCUT2D eigenvalue weighted by Crippen LogP contribution is -2.42. The van der Waals surface area contributed by atoms with Gasteiger partial charge in [0.2, 0.25) is 0 Å². The summed E-state index contributed by atoms with van der Waals surface area (Å²) in [5, 5.41) is 12.4. The van der Waals surface area contributed by atoms with Crippen LogP contribution < -0.4 is 4.90 Å². The summed E-state index contributed by atoms with van der Waals surface area (Å²) in [6, 6.07) is 15.3. The van der Waals surface area contributed by atoms with Crippen LogP contribution in [0.25, 0.3) is 10.9 Å². The molecule has 1 atom stereocenters. The molecule has 5 nitrogen and oxygen atoms in total. The van der Waals surface area contributed by atoms with E-state index in [2.05, 4.69) is 11.1 Å². The smallest absolute Gasteiger partial charge is 0.264 e. The van der Waals surface area contributed by atoms with Gasteiger partial charge in [-0.2, -0.15) is 0 Å². The lowest BCUT2D eigenvalue weighted by molar-refractivity contribution is -0.142. The number of nitrogens with one attached hydrogen (secondary N) is 1. The van der Waals surface area contributed by atoms with Gasteiger partial charge in [-0.1, -0.05) is 50.2 Å². The van der Waals surface area contributed by atoms with Gasteiger partial charge in [0.15, 0.2) is 5.60 Å². The number of para-hydroxylation sites is 2. The van der Waals surface area contributed by atoms with Crippen LogP contribution in [0.15, 0.2) is 54.7 Å². The van der Waals surface area contributed by atoms with Crippen LogP contribution in [0.4, 0.5) is 5.69 Å². The average Bonchev–Trinajstić information content (AvgIpc) is 3.18. The van der Waals surface area contributed by atoms with E-state index in [0.29, 0.717) is 30.6 Å². The molecule has 0 radical (unpaired) electrons. The number of carbonyl (C=O) groups is 2. The SMILES string of the molecule is CC(C)CC(=O)CC1(O)C(=O)N(CCc2c[nH]c3ccccc23)c2ccccc21. The van der Waals surface area contributed by atoms with Crippen LogP contribution in [0.2, 0.25) is 0 Å². The van der Waals surface area contributed by atoms with Crippen LogP contribution in [0, 0.1) is 5.92 Å². The number of fused-ring (bicyclic) bond motifs is 2. The van der Waals surface area contributed by atoms with Gasteiger partial charge in [0.25, 0.3) is 5.91 Å². The van der Waals surface area contributed by atoms with Gasteiger partial charge in [0.05, 0.1) is 5.69 Å². The number of amides is 1. The Morgan fingerprint density at radius 2 is 1.86 bits per heavy atom. The van der Waals surface area contributed by atoms with Gasteiger partial charge in [-0.15, -0.1) is 0 Å². The quantitative estimate of drug-likeness (QED) is 0.642. The van der Waals surface area contributed by atoms with Crippen molar-refractivity contribution in [2.24, 2.45) is 5.92 Å². The first-order chi connectivity index (χ1) is 13.9. The highest BCUT2D eigenvalue weighted by atomic mass is 16.3. The predicted octanol–water partition coefficient (Wildman–Crippen LogP) is 3.95. The normalized spacial score (nSPS) is 18.6. The highest BCUT2D eigenvalue weighted by Crippen LogP contribution is 2.42. The van der Waals surface area contributed by atoms with E-state index < -0.39 is 11.5 Å². The standard InChI is InChI=1S/C24H26N2O3/c1-16(2)13-18(27)14-24(29)20-8-4-6-10-22(20)26(23(24)28)12-11-17-15-25-21-9-5-3-7-19(17)21/h3-10,15-16,25,29H,11-14H2,1-2H3. The zero-order valence-corrected chi connectivity index (χ0v) is 16.8. The molecular weight excluding hydrogens is 364 g/mol. The molecule has 1 aliphatic rings. The van der Waals surface area contributed by atoms with Crippen molar-refractivity contribution in [1.82, 2.24) is 4.98 Å². The van der Waals surface area contributed by atoms with E-state index in [9.17, 15) is 14.7 Å². The summed E-state index contributed by atoms with van der Waals surface area (Å²) in [7, 11) is 0. The van der Waals surface area contributed by atoms with Crippen molar-refractivity contribution in [2.45, 2.75) is 38.7 Å². The Kier molecular flexibility index (Phi) is 5.01. The van der Waals surface area contributed by atoms with E-state index in [1.165, 1.54) is 0 Å². The molecular formula is C24H26N2O3.